The van der Waals surface area contributed by atoms with Crippen LogP contribution in [0.1, 0.15) is 50.4 Å². The first kappa shape index (κ1) is 14.7. The van der Waals surface area contributed by atoms with E-state index in [0.717, 1.165) is 36.0 Å². The molecule has 4 rings (SSSR count). The van der Waals surface area contributed by atoms with E-state index in [-0.39, 0.29) is 11.3 Å². The fraction of sp³-hybridized carbons (Fsp3) is 0.611. The van der Waals surface area contributed by atoms with E-state index in [0.29, 0.717) is 11.5 Å². The van der Waals surface area contributed by atoms with Crippen LogP contribution in [0.3, 0.4) is 0 Å². The second kappa shape index (κ2) is 4.56. The highest BCUT2D eigenvalue weighted by atomic mass is 16.2. The first-order valence-corrected chi connectivity index (χ1v) is 8.37. The minimum absolute atomic E-state index is 0.143. The van der Waals surface area contributed by atoms with Crippen LogP contribution in [0.2, 0.25) is 0 Å². The van der Waals surface area contributed by atoms with Crippen molar-refractivity contribution in [2.24, 2.45) is 17.9 Å². The highest BCUT2D eigenvalue weighted by Crippen LogP contribution is 2.52. The number of nitrogens with zero attached hydrogens (tertiary/aromatic N) is 4. The fourth-order valence-electron chi connectivity index (χ4n) is 5.04. The van der Waals surface area contributed by atoms with Crippen molar-refractivity contribution in [3.63, 3.8) is 0 Å². The number of rotatable bonds is 1. The molecule has 2 aromatic rings. The topological polar surface area (TPSA) is 51.0 Å². The van der Waals surface area contributed by atoms with Gasteiger partial charge in [-0.25, -0.2) is 4.68 Å². The van der Waals surface area contributed by atoms with Crippen LogP contribution in [-0.2, 0) is 7.05 Å². The number of likely N-dealkylation sites (tertiary alicyclic amines) is 1. The van der Waals surface area contributed by atoms with Gasteiger partial charge in [-0.3, -0.25) is 4.79 Å². The average Bonchev–Trinajstić information content (AvgIpc) is 2.94. The van der Waals surface area contributed by atoms with Gasteiger partial charge in [-0.05, 0) is 48.3 Å². The third-order valence-electron chi connectivity index (χ3n) is 5.53. The highest BCUT2D eigenvalue weighted by Gasteiger charge is 2.51. The van der Waals surface area contributed by atoms with Crippen LogP contribution in [0, 0.1) is 10.8 Å². The summed E-state index contributed by atoms with van der Waals surface area (Å²) < 4.78 is 1.73. The second-order valence-corrected chi connectivity index (χ2v) is 8.56. The molecule has 1 saturated carbocycles. The summed E-state index contributed by atoms with van der Waals surface area (Å²) in [6, 6.07) is 6.09. The van der Waals surface area contributed by atoms with Gasteiger partial charge in [-0.1, -0.05) is 26.0 Å². The minimum atomic E-state index is 0.143. The summed E-state index contributed by atoms with van der Waals surface area (Å²) in [4.78, 5) is 15.2. The van der Waals surface area contributed by atoms with E-state index < -0.39 is 0 Å². The molecule has 5 heteroatoms. The quantitative estimate of drug-likeness (QED) is 0.813. The van der Waals surface area contributed by atoms with Crippen LogP contribution in [0.4, 0.5) is 0 Å². The smallest absolute Gasteiger partial charge is 0.254 e. The lowest BCUT2D eigenvalue weighted by molar-refractivity contribution is 0.0708. The number of amides is 1. The van der Waals surface area contributed by atoms with E-state index in [4.69, 9.17) is 0 Å². The second-order valence-electron chi connectivity index (χ2n) is 8.56. The number of carbonyl (C=O) groups is 1. The van der Waals surface area contributed by atoms with E-state index in [1.807, 2.05) is 25.2 Å². The van der Waals surface area contributed by atoms with Crippen molar-refractivity contribution in [2.75, 3.05) is 6.54 Å². The van der Waals surface area contributed by atoms with Crippen molar-refractivity contribution in [3.05, 3.63) is 23.8 Å². The average molecular weight is 312 g/mol. The van der Waals surface area contributed by atoms with Gasteiger partial charge in [0.25, 0.3) is 5.91 Å². The maximum Gasteiger partial charge on any atom is 0.254 e. The van der Waals surface area contributed by atoms with Gasteiger partial charge in [0.2, 0.25) is 0 Å². The summed E-state index contributed by atoms with van der Waals surface area (Å²) >= 11 is 0. The summed E-state index contributed by atoms with van der Waals surface area (Å²) in [5.41, 5.74) is 3.05. The number of benzene rings is 1. The molecule has 1 aromatic carbocycles. The SMILES string of the molecule is Cn1nnc2cc(C(=O)N3C[C@@]4(C)C[C@H]3CC(C)(C)C4)ccc21. The molecule has 2 aliphatic rings. The molecule has 2 heterocycles. The molecule has 2 fully saturated rings. The number of aryl methyl sites for hydroxylation is 1. The van der Waals surface area contributed by atoms with Crippen LogP contribution in [-0.4, -0.2) is 38.4 Å². The number of hydrogen-bond donors (Lipinski definition) is 0. The molecule has 0 radical (unpaired) electrons. The van der Waals surface area contributed by atoms with Crippen molar-refractivity contribution >= 4 is 16.9 Å². The third kappa shape index (κ3) is 2.33. The predicted molar refractivity (Wildman–Crippen MR) is 89.1 cm³/mol. The lowest BCUT2D eigenvalue weighted by Gasteiger charge is -2.39. The van der Waals surface area contributed by atoms with Gasteiger partial charge in [0.15, 0.2) is 0 Å². The maximum atomic E-state index is 13.1. The van der Waals surface area contributed by atoms with Crippen LogP contribution >= 0.6 is 0 Å². The molecule has 1 amide bonds. The molecule has 23 heavy (non-hydrogen) atoms. The Morgan fingerprint density at radius 3 is 2.83 bits per heavy atom. The molecule has 0 unspecified atom stereocenters. The summed E-state index contributed by atoms with van der Waals surface area (Å²) in [5, 5.41) is 8.15. The van der Waals surface area contributed by atoms with Crippen LogP contribution in [0.25, 0.3) is 11.0 Å². The lowest BCUT2D eigenvalue weighted by Crippen LogP contribution is -2.37. The molecule has 1 aliphatic carbocycles. The van der Waals surface area contributed by atoms with Gasteiger partial charge >= 0.3 is 0 Å². The summed E-state index contributed by atoms with van der Waals surface area (Å²) in [6.07, 6.45) is 3.43. The van der Waals surface area contributed by atoms with Crippen molar-refractivity contribution in [2.45, 2.75) is 46.1 Å². The molecule has 2 atom stereocenters. The normalized spacial score (nSPS) is 29.2. The zero-order valence-electron chi connectivity index (χ0n) is 14.3. The zero-order chi connectivity index (χ0) is 16.4. The standard InChI is InChI=1S/C18H24N4O/c1-17(2)8-13-9-18(3,10-17)11-22(13)16(23)12-5-6-15-14(7-12)19-20-21(15)4/h5-7,13H,8-11H2,1-4H3/t13-,18+/m1/s1. The Morgan fingerprint density at radius 2 is 2.04 bits per heavy atom. The third-order valence-corrected chi connectivity index (χ3v) is 5.53. The summed E-state index contributed by atoms with van der Waals surface area (Å²) in [5.74, 6) is 0.143. The Labute approximate surface area is 136 Å². The highest BCUT2D eigenvalue weighted by molar-refractivity contribution is 5.97. The number of aromatic nitrogens is 3. The first-order chi connectivity index (χ1) is 10.8. The molecule has 1 saturated heterocycles. The summed E-state index contributed by atoms with van der Waals surface area (Å²) in [6.45, 7) is 7.87. The van der Waals surface area contributed by atoms with Crippen molar-refractivity contribution in [1.82, 2.24) is 19.9 Å². The zero-order valence-corrected chi connectivity index (χ0v) is 14.3. The molecule has 1 aromatic heterocycles. The van der Waals surface area contributed by atoms with Gasteiger partial charge in [0, 0.05) is 25.2 Å². The van der Waals surface area contributed by atoms with Gasteiger partial charge in [0.05, 0.1) is 5.52 Å². The Bertz CT molecular complexity index is 793. The molecule has 122 valence electrons. The molecule has 5 nitrogen and oxygen atoms in total. The molecule has 0 N–H and O–H groups in total. The van der Waals surface area contributed by atoms with E-state index in [1.165, 1.54) is 6.42 Å². The van der Waals surface area contributed by atoms with Crippen LogP contribution in [0.5, 0.6) is 0 Å². The molecular formula is C18H24N4O. The van der Waals surface area contributed by atoms with Crippen molar-refractivity contribution in [3.8, 4) is 0 Å². The van der Waals surface area contributed by atoms with E-state index in [9.17, 15) is 4.79 Å². The van der Waals surface area contributed by atoms with Gasteiger partial charge in [-0.15, -0.1) is 5.10 Å². The maximum absolute atomic E-state index is 13.1. The Balaban J connectivity index is 1.66. The first-order valence-electron chi connectivity index (χ1n) is 8.37. The van der Waals surface area contributed by atoms with E-state index in [2.05, 4.69) is 36.0 Å². The molecule has 2 bridgehead atoms. The number of carbonyl (C=O) groups excluding carboxylic acids is 1. The molecule has 0 spiro atoms. The van der Waals surface area contributed by atoms with Crippen molar-refractivity contribution < 1.29 is 4.79 Å². The Hall–Kier alpha value is -1.91. The molecular weight excluding hydrogens is 288 g/mol. The van der Waals surface area contributed by atoms with E-state index in [1.54, 1.807) is 4.68 Å². The predicted octanol–water partition coefficient (Wildman–Crippen LogP) is 3.01. The van der Waals surface area contributed by atoms with Gasteiger partial charge < -0.3 is 4.90 Å². The van der Waals surface area contributed by atoms with Gasteiger partial charge in [0.1, 0.15) is 5.52 Å². The van der Waals surface area contributed by atoms with Gasteiger partial charge in [-0.2, -0.15) is 0 Å². The fourth-order valence-corrected chi connectivity index (χ4v) is 5.04. The van der Waals surface area contributed by atoms with Crippen molar-refractivity contribution in [1.29, 1.82) is 0 Å². The van der Waals surface area contributed by atoms with E-state index >= 15 is 0 Å². The Kier molecular flexibility index (Phi) is 2.91. The molecule has 1 aliphatic heterocycles. The minimum Gasteiger partial charge on any atom is -0.335 e. The lowest BCUT2D eigenvalue weighted by atomic mass is 9.65. The Morgan fingerprint density at radius 1 is 1.26 bits per heavy atom. The monoisotopic (exact) mass is 312 g/mol. The largest absolute Gasteiger partial charge is 0.335 e. The summed E-state index contributed by atoms with van der Waals surface area (Å²) in [7, 11) is 1.86. The van der Waals surface area contributed by atoms with Crippen LogP contribution in [0.15, 0.2) is 18.2 Å². The number of hydrogen-bond acceptors (Lipinski definition) is 3. The number of fused-ring (bicyclic) bond motifs is 3. The van der Waals surface area contributed by atoms with Crippen LogP contribution < -0.4 is 0 Å².